The van der Waals surface area contributed by atoms with E-state index < -0.39 is 0 Å². The average Bonchev–Trinajstić information content (AvgIpc) is 2.92. The number of nitrogens with one attached hydrogen (secondary N) is 1. The van der Waals surface area contributed by atoms with Crippen LogP contribution in [0.5, 0.6) is 0 Å². The van der Waals surface area contributed by atoms with Gasteiger partial charge in [-0.25, -0.2) is 4.39 Å². The zero-order valence-electron chi connectivity index (χ0n) is 12.2. The third kappa shape index (κ3) is 3.33. The Morgan fingerprint density at radius 1 is 1.40 bits per heavy atom. The molecule has 0 spiro atoms. The van der Waals surface area contributed by atoms with Crippen molar-refractivity contribution in [2.24, 2.45) is 0 Å². The van der Waals surface area contributed by atoms with Gasteiger partial charge in [-0.3, -0.25) is 0 Å². The molecule has 1 N–H and O–H groups in total. The lowest BCUT2D eigenvalue weighted by molar-refractivity contribution is -0.0351. The van der Waals surface area contributed by atoms with Gasteiger partial charge in [0, 0.05) is 13.2 Å². The molecule has 0 aliphatic heterocycles. The Balaban J connectivity index is 2.18. The van der Waals surface area contributed by atoms with Crippen LogP contribution in [0.1, 0.15) is 38.2 Å². The van der Waals surface area contributed by atoms with Crippen LogP contribution in [0.3, 0.4) is 0 Å². The molecule has 1 aromatic carbocycles. The highest BCUT2D eigenvalue weighted by Crippen LogP contribution is 2.37. The normalized spacial score (nSPS) is 19.2. The molecule has 1 unspecified atom stereocenters. The van der Waals surface area contributed by atoms with Crippen molar-refractivity contribution in [2.75, 3.05) is 13.7 Å². The number of methoxy groups -OCH3 is 1. The number of hydrogen-bond acceptors (Lipinski definition) is 2. The second kappa shape index (κ2) is 6.88. The Morgan fingerprint density at radius 2 is 2.10 bits per heavy atom. The first-order valence-electron chi connectivity index (χ1n) is 7.34. The molecule has 0 aromatic heterocycles. The van der Waals surface area contributed by atoms with Gasteiger partial charge in [0.05, 0.1) is 10.6 Å². The minimum atomic E-state index is -0.363. The maximum absolute atomic E-state index is 13.3. The van der Waals surface area contributed by atoms with Crippen molar-refractivity contribution in [3.63, 3.8) is 0 Å². The van der Waals surface area contributed by atoms with Crippen LogP contribution in [0.4, 0.5) is 4.39 Å². The van der Waals surface area contributed by atoms with Crippen molar-refractivity contribution < 1.29 is 9.13 Å². The summed E-state index contributed by atoms with van der Waals surface area (Å²) >= 11 is 5.88. The molecule has 0 bridgehead atoms. The van der Waals surface area contributed by atoms with Crippen LogP contribution in [0.2, 0.25) is 5.02 Å². The minimum absolute atomic E-state index is 0.100. The number of likely N-dealkylation sites (N-methyl/N-ethyl adjacent to an activating group) is 1. The van der Waals surface area contributed by atoms with Crippen LogP contribution in [0.15, 0.2) is 18.2 Å². The van der Waals surface area contributed by atoms with Gasteiger partial charge >= 0.3 is 0 Å². The highest BCUT2D eigenvalue weighted by molar-refractivity contribution is 6.30. The molecule has 1 aliphatic carbocycles. The van der Waals surface area contributed by atoms with Crippen molar-refractivity contribution in [2.45, 2.75) is 50.7 Å². The molecular formula is C16H23ClFNO. The minimum Gasteiger partial charge on any atom is -0.377 e. The summed E-state index contributed by atoms with van der Waals surface area (Å²) in [4.78, 5) is 0. The van der Waals surface area contributed by atoms with E-state index in [1.807, 2.05) is 6.07 Å². The summed E-state index contributed by atoms with van der Waals surface area (Å²) in [5, 5.41) is 3.73. The monoisotopic (exact) mass is 299 g/mol. The van der Waals surface area contributed by atoms with E-state index in [0.29, 0.717) is 0 Å². The number of rotatable bonds is 6. The van der Waals surface area contributed by atoms with Gasteiger partial charge in [0.15, 0.2) is 0 Å². The average molecular weight is 300 g/mol. The van der Waals surface area contributed by atoms with Crippen molar-refractivity contribution >= 4 is 11.6 Å². The summed E-state index contributed by atoms with van der Waals surface area (Å²) in [6.45, 7) is 2.99. The van der Waals surface area contributed by atoms with E-state index in [0.717, 1.165) is 31.4 Å². The van der Waals surface area contributed by atoms with Gasteiger partial charge in [-0.1, -0.05) is 37.4 Å². The van der Waals surface area contributed by atoms with Gasteiger partial charge in [-0.05, 0) is 43.5 Å². The lowest BCUT2D eigenvalue weighted by atomic mass is 9.87. The van der Waals surface area contributed by atoms with E-state index in [-0.39, 0.29) is 22.5 Å². The molecule has 20 heavy (non-hydrogen) atoms. The molecule has 112 valence electrons. The predicted octanol–water partition coefficient (Wildman–Crippen LogP) is 3.96. The summed E-state index contributed by atoms with van der Waals surface area (Å²) in [6.07, 6.45) is 5.38. The molecule has 4 heteroatoms. The number of benzene rings is 1. The maximum atomic E-state index is 13.3. The molecular weight excluding hydrogens is 277 g/mol. The molecule has 0 heterocycles. The fraction of sp³-hybridized carbons (Fsp3) is 0.625. The maximum Gasteiger partial charge on any atom is 0.141 e. The van der Waals surface area contributed by atoms with E-state index in [1.165, 1.54) is 18.9 Å². The molecule has 1 aromatic rings. The quantitative estimate of drug-likeness (QED) is 0.858. The largest absolute Gasteiger partial charge is 0.377 e. The highest BCUT2D eigenvalue weighted by Gasteiger charge is 2.41. The number of ether oxygens (including phenoxy) is 1. The van der Waals surface area contributed by atoms with Gasteiger partial charge in [-0.2, -0.15) is 0 Å². The predicted molar refractivity (Wildman–Crippen MR) is 80.8 cm³/mol. The number of halogens is 2. The molecule has 1 aliphatic rings. The Kier molecular flexibility index (Phi) is 5.42. The lowest BCUT2D eigenvalue weighted by Crippen LogP contribution is -2.51. The van der Waals surface area contributed by atoms with Crippen LogP contribution in [0, 0.1) is 5.82 Å². The highest BCUT2D eigenvalue weighted by atomic mass is 35.5. The van der Waals surface area contributed by atoms with Crippen LogP contribution < -0.4 is 5.32 Å². The van der Waals surface area contributed by atoms with E-state index in [2.05, 4.69) is 12.2 Å². The molecule has 0 radical (unpaired) electrons. The first-order chi connectivity index (χ1) is 9.61. The summed E-state index contributed by atoms with van der Waals surface area (Å²) < 4.78 is 19.1. The molecule has 0 saturated heterocycles. The van der Waals surface area contributed by atoms with E-state index in [4.69, 9.17) is 16.3 Å². The zero-order chi connectivity index (χ0) is 14.6. The second-order valence-electron chi connectivity index (χ2n) is 5.54. The Bertz CT molecular complexity index is 446. The lowest BCUT2D eigenvalue weighted by Gasteiger charge is -2.37. The van der Waals surface area contributed by atoms with Crippen molar-refractivity contribution in [3.8, 4) is 0 Å². The molecule has 2 nitrogen and oxygen atoms in total. The van der Waals surface area contributed by atoms with Crippen LogP contribution in [-0.2, 0) is 11.2 Å². The first-order valence-corrected chi connectivity index (χ1v) is 7.71. The van der Waals surface area contributed by atoms with Gasteiger partial charge in [0.25, 0.3) is 0 Å². The van der Waals surface area contributed by atoms with Gasteiger partial charge in [0.1, 0.15) is 5.82 Å². The molecule has 1 atom stereocenters. The summed E-state index contributed by atoms with van der Waals surface area (Å²) in [5.41, 5.74) is 0.947. The fourth-order valence-electron chi connectivity index (χ4n) is 3.26. The van der Waals surface area contributed by atoms with Crippen LogP contribution >= 0.6 is 11.6 Å². The van der Waals surface area contributed by atoms with Gasteiger partial charge < -0.3 is 10.1 Å². The van der Waals surface area contributed by atoms with Gasteiger partial charge in [-0.15, -0.1) is 0 Å². The SMILES string of the molecule is CCNC(Cc1ccc(F)c(Cl)c1)C1(OC)CCCC1. The molecule has 1 saturated carbocycles. The molecule has 1 fully saturated rings. The number of hydrogen-bond donors (Lipinski definition) is 1. The van der Waals surface area contributed by atoms with Gasteiger partial charge in [0.2, 0.25) is 0 Å². The van der Waals surface area contributed by atoms with Crippen molar-refractivity contribution in [3.05, 3.63) is 34.6 Å². The first kappa shape index (κ1) is 15.7. The second-order valence-corrected chi connectivity index (χ2v) is 5.95. The van der Waals surface area contributed by atoms with E-state index in [9.17, 15) is 4.39 Å². The Hall–Kier alpha value is -0.640. The Morgan fingerprint density at radius 3 is 2.65 bits per heavy atom. The fourth-order valence-corrected chi connectivity index (χ4v) is 3.46. The smallest absolute Gasteiger partial charge is 0.141 e. The standard InChI is InChI=1S/C16H23ClFNO/c1-3-19-15(16(20-2)8-4-5-9-16)11-12-6-7-14(18)13(17)10-12/h6-7,10,15,19H,3-5,8-9,11H2,1-2H3. The van der Waals surface area contributed by atoms with Crippen molar-refractivity contribution in [1.82, 2.24) is 5.32 Å². The van der Waals surface area contributed by atoms with E-state index >= 15 is 0 Å². The summed E-state index contributed by atoms with van der Waals surface area (Å²) in [5.74, 6) is -0.363. The summed E-state index contributed by atoms with van der Waals surface area (Å²) in [7, 11) is 1.80. The zero-order valence-corrected chi connectivity index (χ0v) is 13.0. The topological polar surface area (TPSA) is 21.3 Å². The Labute approximate surface area is 125 Å². The van der Waals surface area contributed by atoms with E-state index in [1.54, 1.807) is 13.2 Å². The molecule has 0 amide bonds. The van der Waals surface area contributed by atoms with Crippen molar-refractivity contribution in [1.29, 1.82) is 0 Å². The third-order valence-electron chi connectivity index (χ3n) is 4.37. The van der Waals surface area contributed by atoms with Crippen LogP contribution in [0.25, 0.3) is 0 Å². The summed E-state index contributed by atoms with van der Waals surface area (Å²) in [6, 6.07) is 5.21. The van der Waals surface area contributed by atoms with Crippen LogP contribution in [-0.4, -0.2) is 25.3 Å². The molecule has 2 rings (SSSR count). The third-order valence-corrected chi connectivity index (χ3v) is 4.66.